The van der Waals surface area contributed by atoms with E-state index in [0.717, 1.165) is 56.1 Å². The second-order valence-electron chi connectivity index (χ2n) is 15.7. The third-order valence-corrected chi connectivity index (χ3v) is 12.5. The van der Waals surface area contributed by atoms with Crippen molar-refractivity contribution in [3.63, 3.8) is 0 Å². The van der Waals surface area contributed by atoms with Crippen molar-refractivity contribution in [3.8, 4) is 0 Å². The standard InChI is InChI=1S/C36H52BN3O6/c1-35(2)26-18-29(35)36(3)30(19-26)45-37(46-36)31-16-10-8-6-4-5-7-9-11-17-32(41)40-23-27(20-28(40)33(42)38-31)44-34(43)39-21-24-14-12-13-15-25(24)22-39/h12-15,26-31H,4-11,16-23H2,1-3H3,(H,38,42)/t26-,27-,28?,29-,30?,31+,36-/m1/s1. The lowest BCUT2D eigenvalue weighted by atomic mass is 9.43. The number of ether oxygens (including phenoxy) is 1. The molecule has 3 saturated carbocycles. The number of hydrogen-bond acceptors (Lipinski definition) is 6. The van der Waals surface area contributed by atoms with Crippen molar-refractivity contribution in [2.75, 3.05) is 6.54 Å². The van der Waals surface area contributed by atoms with Crippen molar-refractivity contribution in [1.29, 1.82) is 0 Å². The van der Waals surface area contributed by atoms with Gasteiger partial charge in [-0.2, -0.15) is 0 Å². The van der Waals surface area contributed by atoms with Crippen LogP contribution in [0.5, 0.6) is 0 Å². The van der Waals surface area contributed by atoms with E-state index in [-0.39, 0.29) is 41.4 Å². The largest absolute Gasteiger partial charge is 0.481 e. The molecule has 8 rings (SSSR count). The summed E-state index contributed by atoms with van der Waals surface area (Å²) in [5, 5.41) is 3.32. The number of carbonyl (C=O) groups is 3. The number of amides is 3. The van der Waals surface area contributed by atoms with Crippen molar-refractivity contribution in [2.24, 2.45) is 17.3 Å². The molecule has 250 valence electrons. The summed E-state index contributed by atoms with van der Waals surface area (Å²) < 4.78 is 19.5. The number of carbonyl (C=O) groups excluding carboxylic acids is 3. The first kappa shape index (κ1) is 32.0. The molecular weight excluding hydrogens is 581 g/mol. The zero-order chi connectivity index (χ0) is 32.1. The molecule has 0 aromatic heterocycles. The van der Waals surface area contributed by atoms with E-state index >= 15 is 0 Å². The second-order valence-corrected chi connectivity index (χ2v) is 15.7. The fraction of sp³-hybridized carbons (Fsp3) is 0.750. The van der Waals surface area contributed by atoms with E-state index in [2.05, 4.69) is 26.1 Å². The van der Waals surface area contributed by atoms with Gasteiger partial charge in [0, 0.05) is 25.9 Å². The first-order chi connectivity index (χ1) is 22.1. The highest BCUT2D eigenvalue weighted by atomic mass is 16.7. The molecule has 1 aromatic rings. The maximum absolute atomic E-state index is 14.1. The van der Waals surface area contributed by atoms with Crippen LogP contribution in [-0.2, 0) is 36.7 Å². The van der Waals surface area contributed by atoms with E-state index in [9.17, 15) is 14.4 Å². The molecule has 0 spiro atoms. The predicted octanol–water partition coefficient (Wildman–Crippen LogP) is 5.78. The van der Waals surface area contributed by atoms with Crippen molar-refractivity contribution < 1.29 is 28.4 Å². The molecule has 9 nitrogen and oxygen atoms in total. The minimum Gasteiger partial charge on any atom is -0.444 e. The van der Waals surface area contributed by atoms with Gasteiger partial charge in [0.15, 0.2) is 0 Å². The maximum atomic E-state index is 14.1. The van der Waals surface area contributed by atoms with Gasteiger partial charge >= 0.3 is 13.2 Å². The summed E-state index contributed by atoms with van der Waals surface area (Å²) in [4.78, 5) is 44.3. The Kier molecular flexibility index (Phi) is 8.89. The molecule has 1 aromatic carbocycles. The molecule has 7 atom stereocenters. The molecule has 4 aliphatic heterocycles. The highest BCUT2D eigenvalue weighted by Crippen LogP contribution is 2.65. The SMILES string of the molecule is CC1(C)[C@H]2CC3OB([C@@H]4CCCCCCCCCCC(=O)N5C[C@H](OC(=O)N6Cc7ccccc7C6)CC5C(=O)N4)O[C@]3(C)[C@@H]1C2. The van der Waals surface area contributed by atoms with Crippen LogP contribution >= 0.6 is 0 Å². The van der Waals surface area contributed by atoms with Crippen molar-refractivity contribution in [2.45, 2.75) is 147 Å². The van der Waals surface area contributed by atoms with Gasteiger partial charge in [-0.15, -0.1) is 0 Å². The van der Waals surface area contributed by atoms with Crippen LogP contribution in [0, 0.1) is 17.3 Å². The van der Waals surface area contributed by atoms with Gasteiger partial charge in [0.05, 0.1) is 24.2 Å². The van der Waals surface area contributed by atoms with Gasteiger partial charge in [-0.25, -0.2) is 4.79 Å². The maximum Gasteiger partial charge on any atom is 0.481 e. The van der Waals surface area contributed by atoms with Crippen LogP contribution < -0.4 is 5.32 Å². The smallest absolute Gasteiger partial charge is 0.444 e. The molecule has 1 N–H and O–H groups in total. The Hall–Kier alpha value is -2.59. The Morgan fingerprint density at radius 3 is 2.30 bits per heavy atom. The number of nitrogens with one attached hydrogen (secondary N) is 1. The molecule has 2 bridgehead atoms. The Morgan fingerprint density at radius 2 is 1.61 bits per heavy atom. The van der Waals surface area contributed by atoms with Gasteiger partial charge in [0.1, 0.15) is 12.1 Å². The Labute approximate surface area is 274 Å². The van der Waals surface area contributed by atoms with Gasteiger partial charge in [-0.1, -0.05) is 83.1 Å². The number of nitrogens with zero attached hydrogens (tertiary/aromatic N) is 2. The summed E-state index contributed by atoms with van der Waals surface area (Å²) in [7, 11) is -0.510. The summed E-state index contributed by atoms with van der Waals surface area (Å²) >= 11 is 0. The molecule has 10 heteroatoms. The normalized spacial score (nSPS) is 36.4. The lowest BCUT2D eigenvalue weighted by molar-refractivity contribution is -0.199. The average molecular weight is 634 g/mol. The topological polar surface area (TPSA) is 97.4 Å². The molecule has 6 fully saturated rings. The molecule has 0 radical (unpaired) electrons. The van der Waals surface area contributed by atoms with Gasteiger partial charge in [0.25, 0.3) is 0 Å². The molecular formula is C36H52BN3O6. The van der Waals surface area contributed by atoms with Gasteiger partial charge in [-0.3, -0.25) is 14.5 Å². The summed E-state index contributed by atoms with van der Waals surface area (Å²) in [5.41, 5.74) is 2.14. The third kappa shape index (κ3) is 5.97. The molecule has 3 saturated heterocycles. The summed E-state index contributed by atoms with van der Waals surface area (Å²) in [6.45, 7) is 8.19. The van der Waals surface area contributed by atoms with E-state index in [1.807, 2.05) is 24.3 Å². The fourth-order valence-electron chi connectivity index (χ4n) is 9.56. The highest BCUT2D eigenvalue weighted by Gasteiger charge is 2.68. The number of hydrogen-bond donors (Lipinski definition) is 1. The van der Waals surface area contributed by atoms with E-state index < -0.39 is 25.4 Å². The summed E-state index contributed by atoms with van der Waals surface area (Å²) in [6.07, 6.45) is 11.4. The quantitative estimate of drug-likeness (QED) is 0.415. The van der Waals surface area contributed by atoms with Crippen molar-refractivity contribution >= 4 is 25.0 Å². The number of benzene rings is 1. The molecule has 46 heavy (non-hydrogen) atoms. The predicted molar refractivity (Wildman–Crippen MR) is 174 cm³/mol. The average Bonchev–Trinajstić information content (AvgIpc) is 3.75. The first-order valence-corrected chi connectivity index (χ1v) is 18.1. The third-order valence-electron chi connectivity index (χ3n) is 12.5. The lowest BCUT2D eigenvalue weighted by Gasteiger charge is -2.64. The zero-order valence-electron chi connectivity index (χ0n) is 28.0. The highest BCUT2D eigenvalue weighted by molar-refractivity contribution is 6.47. The van der Waals surface area contributed by atoms with Crippen molar-refractivity contribution in [1.82, 2.24) is 15.1 Å². The van der Waals surface area contributed by atoms with E-state index in [4.69, 9.17) is 14.0 Å². The lowest BCUT2D eigenvalue weighted by Crippen LogP contribution is -2.65. The summed E-state index contributed by atoms with van der Waals surface area (Å²) in [5.74, 6) is 0.554. The van der Waals surface area contributed by atoms with Crippen LogP contribution in [0.4, 0.5) is 4.79 Å². The van der Waals surface area contributed by atoms with E-state index in [0.29, 0.717) is 37.8 Å². The fourth-order valence-corrected chi connectivity index (χ4v) is 9.56. The Bertz CT molecular complexity index is 1300. The van der Waals surface area contributed by atoms with Crippen molar-refractivity contribution in [3.05, 3.63) is 35.4 Å². The van der Waals surface area contributed by atoms with Crippen LogP contribution in [0.2, 0.25) is 0 Å². The summed E-state index contributed by atoms with van der Waals surface area (Å²) in [6, 6.07) is 7.34. The first-order valence-electron chi connectivity index (χ1n) is 18.1. The number of fused-ring (bicyclic) bond motifs is 2. The van der Waals surface area contributed by atoms with E-state index in [1.165, 1.54) is 25.7 Å². The minimum atomic E-state index is -0.692. The molecule has 7 aliphatic rings. The van der Waals surface area contributed by atoms with Gasteiger partial charge in [-0.05, 0) is 61.0 Å². The molecule has 3 amide bonds. The van der Waals surface area contributed by atoms with Crippen LogP contribution in [-0.4, -0.2) is 71.2 Å². The molecule has 2 unspecified atom stereocenters. The second kappa shape index (κ2) is 12.8. The van der Waals surface area contributed by atoms with Gasteiger partial charge < -0.3 is 24.3 Å². The van der Waals surface area contributed by atoms with Crippen LogP contribution in [0.25, 0.3) is 0 Å². The van der Waals surface area contributed by atoms with E-state index in [1.54, 1.807) is 9.80 Å². The monoisotopic (exact) mass is 633 g/mol. The Morgan fingerprint density at radius 1 is 0.935 bits per heavy atom. The van der Waals surface area contributed by atoms with Crippen LogP contribution in [0.15, 0.2) is 24.3 Å². The zero-order valence-corrected chi connectivity index (χ0v) is 28.0. The van der Waals surface area contributed by atoms with Crippen LogP contribution in [0.1, 0.15) is 115 Å². The van der Waals surface area contributed by atoms with Crippen LogP contribution in [0.3, 0.4) is 0 Å². The van der Waals surface area contributed by atoms with Gasteiger partial charge in [0.2, 0.25) is 11.8 Å². The minimum absolute atomic E-state index is 0.0372. The molecule has 4 heterocycles. The number of rotatable bonds is 2. The molecule has 3 aliphatic carbocycles. The Balaban J connectivity index is 1.06.